The Hall–Kier alpha value is -2.08. The van der Waals surface area contributed by atoms with Crippen LogP contribution in [0.1, 0.15) is 0 Å². The molecule has 0 spiro atoms. The molecule has 17 heavy (non-hydrogen) atoms. The van der Waals surface area contributed by atoms with Crippen molar-refractivity contribution in [1.29, 1.82) is 0 Å². The van der Waals surface area contributed by atoms with Crippen molar-refractivity contribution in [3.8, 4) is 17.2 Å². The van der Waals surface area contributed by atoms with E-state index < -0.39 is 5.76 Å². The predicted octanol–water partition coefficient (Wildman–Crippen LogP) is 0.504. The summed E-state index contributed by atoms with van der Waals surface area (Å²) in [6.45, 7) is -0.0347. The second-order valence-electron chi connectivity index (χ2n) is 3.35. The fourth-order valence-electron chi connectivity index (χ4n) is 1.39. The molecule has 1 aromatic carbocycles. The lowest BCUT2D eigenvalue weighted by Crippen LogP contribution is -2.17. The third-order valence-corrected chi connectivity index (χ3v) is 2.26. The average Bonchev–Trinajstić information content (AvgIpc) is 2.72. The first-order chi connectivity index (χ1) is 8.24. The number of nitrogens with zero attached hydrogens (tertiary/aromatic N) is 2. The molecule has 0 bridgehead atoms. The van der Waals surface area contributed by atoms with Gasteiger partial charge < -0.3 is 14.3 Å². The smallest absolute Gasteiger partial charge is 0.437 e. The third kappa shape index (κ3) is 2.36. The number of hydrogen-bond donors (Lipinski definition) is 1. The Morgan fingerprint density at radius 2 is 2.12 bits per heavy atom. The number of aromatic nitrogens is 2. The Morgan fingerprint density at radius 3 is 2.71 bits per heavy atom. The van der Waals surface area contributed by atoms with Gasteiger partial charge in [0.25, 0.3) is 0 Å². The molecule has 0 saturated heterocycles. The van der Waals surface area contributed by atoms with Gasteiger partial charge in [-0.05, 0) is 24.3 Å². The van der Waals surface area contributed by atoms with Gasteiger partial charge in [-0.1, -0.05) is 0 Å². The molecule has 2 aromatic rings. The number of aliphatic hydroxyl groups excluding tert-OH is 1. The van der Waals surface area contributed by atoms with Crippen LogP contribution < -0.4 is 10.5 Å². The zero-order valence-electron chi connectivity index (χ0n) is 9.29. The van der Waals surface area contributed by atoms with Gasteiger partial charge >= 0.3 is 5.76 Å². The average molecular weight is 236 g/mol. The summed E-state index contributed by atoms with van der Waals surface area (Å²) in [7, 11) is 1.57. The fraction of sp³-hybridized carbons (Fsp3) is 0.273. The summed E-state index contributed by atoms with van der Waals surface area (Å²) in [5, 5.41) is 12.7. The Bertz CT molecular complexity index is 541. The van der Waals surface area contributed by atoms with Crippen LogP contribution in [-0.4, -0.2) is 28.6 Å². The molecule has 0 atom stereocenters. The molecule has 90 valence electrons. The number of hydrogen-bond acceptors (Lipinski definition) is 5. The summed E-state index contributed by atoms with van der Waals surface area (Å²) in [6.07, 6.45) is 0. The van der Waals surface area contributed by atoms with Crippen molar-refractivity contribution in [3.63, 3.8) is 0 Å². The molecule has 0 aliphatic heterocycles. The van der Waals surface area contributed by atoms with E-state index in [1.54, 1.807) is 31.4 Å². The molecule has 1 N–H and O–H groups in total. The molecule has 1 aromatic heterocycles. The van der Waals surface area contributed by atoms with Crippen LogP contribution in [0.25, 0.3) is 11.5 Å². The fourth-order valence-corrected chi connectivity index (χ4v) is 1.39. The van der Waals surface area contributed by atoms with Crippen LogP contribution in [0.3, 0.4) is 0 Å². The minimum Gasteiger partial charge on any atom is -0.497 e. The Kier molecular flexibility index (Phi) is 3.24. The van der Waals surface area contributed by atoms with Crippen LogP contribution in [0.15, 0.2) is 33.5 Å². The number of rotatable bonds is 4. The van der Waals surface area contributed by atoms with Crippen molar-refractivity contribution in [2.24, 2.45) is 0 Å². The van der Waals surface area contributed by atoms with E-state index in [2.05, 4.69) is 5.10 Å². The van der Waals surface area contributed by atoms with Gasteiger partial charge in [0.1, 0.15) is 5.75 Å². The second-order valence-corrected chi connectivity index (χ2v) is 3.35. The van der Waals surface area contributed by atoms with E-state index in [4.69, 9.17) is 14.3 Å². The van der Waals surface area contributed by atoms with E-state index in [-0.39, 0.29) is 19.0 Å². The lowest BCUT2D eigenvalue weighted by molar-refractivity contribution is 0.264. The maximum atomic E-state index is 11.3. The van der Waals surface area contributed by atoms with E-state index in [1.165, 1.54) is 0 Å². The Balaban J connectivity index is 2.32. The van der Waals surface area contributed by atoms with Crippen molar-refractivity contribution < 1.29 is 14.3 Å². The van der Waals surface area contributed by atoms with Crippen molar-refractivity contribution in [2.75, 3.05) is 13.7 Å². The highest BCUT2D eigenvalue weighted by Gasteiger charge is 2.09. The van der Waals surface area contributed by atoms with Gasteiger partial charge in [-0.25, -0.2) is 4.79 Å². The molecule has 0 aliphatic rings. The first-order valence-corrected chi connectivity index (χ1v) is 5.08. The molecule has 0 radical (unpaired) electrons. The molecule has 1 heterocycles. The summed E-state index contributed by atoms with van der Waals surface area (Å²) >= 11 is 0. The molecule has 6 nitrogen and oxygen atoms in total. The highest BCUT2D eigenvalue weighted by Crippen LogP contribution is 2.19. The first-order valence-electron chi connectivity index (χ1n) is 5.08. The van der Waals surface area contributed by atoms with Crippen LogP contribution in [0.5, 0.6) is 5.75 Å². The lowest BCUT2D eigenvalue weighted by Gasteiger charge is -1.99. The van der Waals surface area contributed by atoms with Gasteiger partial charge in [0.05, 0.1) is 20.3 Å². The van der Waals surface area contributed by atoms with E-state index in [0.29, 0.717) is 11.3 Å². The quantitative estimate of drug-likeness (QED) is 0.836. The van der Waals surface area contributed by atoms with Crippen LogP contribution in [0.4, 0.5) is 0 Å². The third-order valence-electron chi connectivity index (χ3n) is 2.26. The number of ether oxygens (including phenoxy) is 1. The standard InChI is InChI=1S/C11H12N2O4/c1-16-9-4-2-8(3-5-9)10-12-13(6-7-14)11(15)17-10/h2-5,14H,6-7H2,1H3. The molecular weight excluding hydrogens is 224 g/mol. The SMILES string of the molecule is COc1ccc(-c2nn(CCO)c(=O)o2)cc1. The highest BCUT2D eigenvalue weighted by atomic mass is 16.5. The molecule has 0 aliphatic carbocycles. The minimum absolute atomic E-state index is 0.124. The molecular formula is C11H12N2O4. The van der Waals surface area contributed by atoms with Gasteiger partial charge in [0.2, 0.25) is 5.89 Å². The molecule has 0 unspecified atom stereocenters. The normalized spacial score (nSPS) is 10.5. The van der Waals surface area contributed by atoms with Crippen molar-refractivity contribution in [1.82, 2.24) is 9.78 Å². The molecule has 0 fully saturated rings. The lowest BCUT2D eigenvalue weighted by atomic mass is 10.2. The maximum absolute atomic E-state index is 11.3. The van der Waals surface area contributed by atoms with Gasteiger partial charge in [0.15, 0.2) is 0 Å². The Morgan fingerprint density at radius 1 is 1.41 bits per heavy atom. The van der Waals surface area contributed by atoms with E-state index >= 15 is 0 Å². The summed E-state index contributed by atoms with van der Waals surface area (Å²) in [6, 6.07) is 6.99. The van der Waals surface area contributed by atoms with E-state index in [9.17, 15) is 4.79 Å². The van der Waals surface area contributed by atoms with Crippen LogP contribution in [0.2, 0.25) is 0 Å². The molecule has 0 saturated carbocycles. The van der Waals surface area contributed by atoms with Gasteiger partial charge in [0, 0.05) is 5.56 Å². The summed E-state index contributed by atoms with van der Waals surface area (Å²) in [4.78, 5) is 11.3. The largest absolute Gasteiger partial charge is 0.497 e. The Labute approximate surface area is 97.1 Å². The van der Waals surface area contributed by atoms with Crippen LogP contribution >= 0.6 is 0 Å². The van der Waals surface area contributed by atoms with Crippen molar-refractivity contribution in [3.05, 3.63) is 34.8 Å². The van der Waals surface area contributed by atoms with Crippen LogP contribution in [-0.2, 0) is 6.54 Å². The van der Waals surface area contributed by atoms with Crippen molar-refractivity contribution in [2.45, 2.75) is 6.54 Å². The van der Waals surface area contributed by atoms with Gasteiger partial charge in [-0.3, -0.25) is 0 Å². The zero-order valence-corrected chi connectivity index (χ0v) is 9.29. The van der Waals surface area contributed by atoms with Gasteiger partial charge in [-0.2, -0.15) is 4.68 Å². The summed E-state index contributed by atoms with van der Waals surface area (Å²) in [5.74, 6) is 0.363. The van der Waals surface area contributed by atoms with Crippen LogP contribution in [0, 0.1) is 0 Å². The molecule has 2 rings (SSSR count). The second kappa shape index (κ2) is 4.84. The topological polar surface area (TPSA) is 77.5 Å². The van der Waals surface area contributed by atoms with E-state index in [1.807, 2.05) is 0 Å². The van der Waals surface area contributed by atoms with Gasteiger partial charge in [-0.15, -0.1) is 5.10 Å². The predicted molar refractivity (Wildman–Crippen MR) is 59.8 cm³/mol. The first kappa shape index (κ1) is 11.4. The van der Waals surface area contributed by atoms with E-state index in [0.717, 1.165) is 4.68 Å². The summed E-state index contributed by atoms with van der Waals surface area (Å²) in [5.41, 5.74) is 0.680. The van der Waals surface area contributed by atoms with Crippen molar-refractivity contribution >= 4 is 0 Å². The zero-order chi connectivity index (χ0) is 12.3. The summed E-state index contributed by atoms with van der Waals surface area (Å²) < 4.78 is 11.1. The monoisotopic (exact) mass is 236 g/mol. The number of methoxy groups -OCH3 is 1. The molecule has 6 heteroatoms. The number of aliphatic hydroxyl groups is 1. The minimum atomic E-state index is -0.579. The highest BCUT2D eigenvalue weighted by molar-refractivity contribution is 5.53. The number of benzene rings is 1. The maximum Gasteiger partial charge on any atom is 0.437 e. The molecule has 0 amide bonds.